The van der Waals surface area contributed by atoms with Gasteiger partial charge in [0.05, 0.1) is 72.2 Å². The highest BCUT2D eigenvalue weighted by atomic mass is 32.2. The van der Waals surface area contributed by atoms with Crippen LogP contribution in [-0.2, 0) is 19.3 Å². The number of hydrogen-bond donors (Lipinski definition) is 5. The van der Waals surface area contributed by atoms with Crippen molar-refractivity contribution in [2.24, 2.45) is 0 Å². The Hall–Kier alpha value is -9.68. The molecule has 0 saturated carbocycles. The van der Waals surface area contributed by atoms with Gasteiger partial charge in [0.1, 0.15) is 75.5 Å². The molecule has 0 aliphatic carbocycles. The van der Waals surface area contributed by atoms with Crippen LogP contribution in [0.3, 0.4) is 0 Å². The zero-order valence-electron chi connectivity index (χ0n) is 81.7. The molecular weight excluding hydrogens is 1880 g/mol. The SMILES string of the molecule is CCc1sc(-c2ccc(OC)c(OCCN3CCC3)c2)nc1C(C)Sc1nc(C)cc(N)n1.CCc1sc(-c2ccc(OC)c(OCCN3CCCC3)c2)nc1C(C)Sc1nc(C)cc(N)n1.CCc1sc(-c2ccc(OC)c(OCCN3CCCCC3)c2)nc1C(C)Sc1nc(C)cc(N)n1.COc1ccc(-c2nc(C(C)Sc3nc(N)cc(N)n3)c(C)s2)cc1OCCN1CCN(C)CC1. The summed E-state index contributed by atoms with van der Waals surface area (Å²) in [6, 6.07) is 31.1. The molecule has 38 heteroatoms. The molecule has 4 atom stereocenters. The fourth-order valence-electron chi connectivity index (χ4n) is 16.0. The standard InChI is InChI=1S/C26H35N5O2S2.C25H33N5O2S2.C24H33N7O2S2.C24H31N5O2S2/c1-5-22-24(18(3)34-26-28-17(2)15-23(27)29-26)30-25(35-22)19-9-10-20(32-4)21(16-19)33-14-13-31-11-7-6-8-12-31;1-5-21-23(17(3)33-25-27-16(2)14-22(26)28-25)29-24(34-21)18-8-9-19(31-4)20(15-18)32-13-12-30-10-6-7-11-30;1-15-22(16(2)35-24-27-20(25)14-21(26)28-24)29-23(34-15)17-5-6-18(32-4)19(13-17)33-12-11-31-9-7-30(3)8-10-31;1-5-20-22(16(3)32-24-26-15(2)13-21(25)27-24)28-23(33-20)17-7-8-18(30-4)19(14-17)31-12-11-29-9-6-10-29/h9-10,15-16,18H,5-8,11-14H2,1-4H3,(H2,27,28,29);8-9,14-15,17H,5-7,10-13H2,1-4H3,(H2,26,27,28);5-6,13-14,16H,7-12H2,1-4H3,(H4,25,26,27,28);7-8,13-14,16H,5-6,9-12H2,1-4H3,(H2,25,26,27). The van der Waals surface area contributed by atoms with Crippen LogP contribution in [0.25, 0.3) is 42.3 Å². The molecule has 4 saturated heterocycles. The molecule has 16 rings (SSSR count). The van der Waals surface area contributed by atoms with E-state index in [2.05, 4.69) is 145 Å². The Morgan fingerprint density at radius 2 is 0.569 bits per heavy atom. The molecule has 0 spiro atoms. The molecule has 30 nitrogen and oxygen atoms in total. The predicted octanol–water partition coefficient (Wildman–Crippen LogP) is 19.7. The van der Waals surface area contributed by atoms with Gasteiger partial charge >= 0.3 is 0 Å². The minimum atomic E-state index is 0.0405. The molecule has 0 amide bonds. The van der Waals surface area contributed by atoms with Gasteiger partial charge < -0.3 is 71.5 Å². The summed E-state index contributed by atoms with van der Waals surface area (Å²) in [6.45, 7) is 40.5. The molecule has 4 aromatic carbocycles. The first-order valence-corrected chi connectivity index (χ1v) is 53.7. The van der Waals surface area contributed by atoms with Crippen molar-refractivity contribution in [2.75, 3.05) is 182 Å². The van der Waals surface area contributed by atoms with Crippen LogP contribution in [-0.4, -0.2) is 238 Å². The van der Waals surface area contributed by atoms with Crippen molar-refractivity contribution in [2.45, 2.75) is 176 Å². The molecule has 10 N–H and O–H groups in total. The number of aromatic nitrogens is 12. The zero-order chi connectivity index (χ0) is 97.2. The number of likely N-dealkylation sites (N-methyl/N-ethyl adjacent to an activating group) is 1. The molecule has 12 aromatic rings. The van der Waals surface area contributed by atoms with E-state index in [1.54, 1.807) is 133 Å². The summed E-state index contributed by atoms with van der Waals surface area (Å²) in [5.74, 6) is 8.19. The lowest BCUT2D eigenvalue weighted by Crippen LogP contribution is -2.45. The van der Waals surface area contributed by atoms with E-state index in [-0.39, 0.29) is 21.0 Å². The van der Waals surface area contributed by atoms with Gasteiger partial charge in [-0.3, -0.25) is 19.6 Å². The van der Waals surface area contributed by atoms with Crippen LogP contribution in [0.15, 0.2) is 118 Å². The zero-order valence-corrected chi connectivity index (χ0v) is 88.2. The van der Waals surface area contributed by atoms with Crippen LogP contribution in [0, 0.1) is 27.7 Å². The largest absolute Gasteiger partial charge is 0.493 e. The molecule has 4 fully saturated rings. The highest BCUT2D eigenvalue weighted by molar-refractivity contribution is 8.00. The first-order valence-electron chi connectivity index (χ1n) is 46.9. The molecule has 4 aliphatic rings. The number of aryl methyl sites for hydroxylation is 7. The summed E-state index contributed by atoms with van der Waals surface area (Å²) in [7, 11) is 8.86. The van der Waals surface area contributed by atoms with Gasteiger partial charge in [-0.15, -0.1) is 45.3 Å². The smallest absolute Gasteiger partial charge is 0.192 e. The Morgan fingerprint density at radius 1 is 0.307 bits per heavy atom. The van der Waals surface area contributed by atoms with Crippen molar-refractivity contribution in [3.63, 3.8) is 0 Å². The van der Waals surface area contributed by atoms with Crippen LogP contribution >= 0.6 is 92.4 Å². The fourth-order valence-corrected chi connectivity index (χ4v) is 24.5. The predicted molar refractivity (Wildman–Crippen MR) is 564 cm³/mol. The van der Waals surface area contributed by atoms with Gasteiger partial charge in [0.2, 0.25) is 0 Å². The molecule has 8 aromatic heterocycles. The number of nitrogen functional groups attached to an aromatic ring is 5. The second-order valence-corrected chi connectivity index (χ2v) is 43.5. The summed E-state index contributed by atoms with van der Waals surface area (Å²) in [5.41, 5.74) is 40.3. The number of thiazole rings is 4. The minimum absolute atomic E-state index is 0.0405. The average molecular weight is 2010 g/mol. The molecule has 137 heavy (non-hydrogen) atoms. The summed E-state index contributed by atoms with van der Waals surface area (Å²) in [5, 5.41) is 6.83. The van der Waals surface area contributed by atoms with Crippen LogP contribution in [0.2, 0.25) is 0 Å². The molecular formula is C99H132N22O8S8. The number of nitrogens with zero attached hydrogens (tertiary/aromatic N) is 17. The number of nitrogens with two attached hydrogens (primary N) is 5. The first kappa shape index (κ1) is 105. The molecule has 734 valence electrons. The average Bonchev–Trinajstić information content (AvgIpc) is 1.68. The lowest BCUT2D eigenvalue weighted by atomic mass is 10.1. The Morgan fingerprint density at radius 3 is 0.854 bits per heavy atom. The van der Waals surface area contributed by atoms with Crippen LogP contribution < -0.4 is 66.6 Å². The molecule has 4 aliphatic heterocycles. The Balaban J connectivity index is 0.000000154. The highest BCUT2D eigenvalue weighted by Crippen LogP contribution is 2.47. The van der Waals surface area contributed by atoms with Crippen LogP contribution in [0.5, 0.6) is 46.0 Å². The maximum Gasteiger partial charge on any atom is 0.192 e. The maximum absolute atomic E-state index is 6.18. The van der Waals surface area contributed by atoms with Crippen molar-refractivity contribution < 1.29 is 37.9 Å². The van der Waals surface area contributed by atoms with E-state index in [1.807, 2.05) is 75.4 Å². The van der Waals surface area contributed by atoms with Gasteiger partial charge in [0, 0.05) is 135 Å². The lowest BCUT2D eigenvalue weighted by Gasteiger charge is -2.32. The van der Waals surface area contributed by atoms with Gasteiger partial charge in [-0.2, -0.15) is 0 Å². The van der Waals surface area contributed by atoms with E-state index in [9.17, 15) is 0 Å². The van der Waals surface area contributed by atoms with Crippen molar-refractivity contribution in [1.29, 1.82) is 0 Å². The third-order valence-electron chi connectivity index (χ3n) is 23.4. The second kappa shape index (κ2) is 51.5. The van der Waals surface area contributed by atoms with E-state index in [4.69, 9.17) is 86.5 Å². The van der Waals surface area contributed by atoms with E-state index < -0.39 is 0 Å². The van der Waals surface area contributed by atoms with Gasteiger partial charge in [-0.25, -0.2) is 59.8 Å². The lowest BCUT2D eigenvalue weighted by molar-refractivity contribution is 0.133. The van der Waals surface area contributed by atoms with E-state index >= 15 is 0 Å². The van der Waals surface area contributed by atoms with Crippen LogP contribution in [0.1, 0.15) is 167 Å². The third kappa shape index (κ3) is 29.9. The van der Waals surface area contributed by atoms with Crippen molar-refractivity contribution in [1.82, 2.24) is 84.3 Å². The number of hydrogen-bond acceptors (Lipinski definition) is 38. The summed E-state index contributed by atoms with van der Waals surface area (Å²) >= 11 is 13.1. The highest BCUT2D eigenvalue weighted by Gasteiger charge is 2.28. The molecule has 0 radical (unpaired) electrons. The Kier molecular flexibility index (Phi) is 39.3. The third-order valence-corrected chi connectivity index (χ3v) is 32.2. The normalized spacial score (nSPS) is 15.2. The summed E-state index contributed by atoms with van der Waals surface area (Å²) < 4.78 is 46.8. The number of methoxy groups -OCH3 is 4. The van der Waals surface area contributed by atoms with Crippen molar-refractivity contribution in [3.8, 4) is 88.3 Å². The van der Waals surface area contributed by atoms with E-state index in [0.29, 0.717) is 76.1 Å². The molecule has 0 bridgehead atoms. The minimum Gasteiger partial charge on any atom is -0.493 e. The quantitative estimate of drug-likeness (QED) is 0.0176. The van der Waals surface area contributed by atoms with Crippen molar-refractivity contribution in [3.05, 3.63) is 156 Å². The van der Waals surface area contributed by atoms with Crippen LogP contribution in [0.4, 0.5) is 29.1 Å². The molecule has 12 heterocycles. The number of piperidine rings is 1. The van der Waals surface area contributed by atoms with E-state index in [0.717, 1.165) is 205 Å². The Labute approximate surface area is 839 Å². The number of piperazine rings is 1. The molecule has 4 unspecified atom stereocenters. The first-order chi connectivity index (χ1) is 66.2. The van der Waals surface area contributed by atoms with Gasteiger partial charge in [-0.05, 0) is 226 Å². The topological polar surface area (TPSA) is 375 Å². The van der Waals surface area contributed by atoms with Gasteiger partial charge in [-0.1, -0.05) is 74.2 Å². The number of thioether (sulfide) groups is 4. The summed E-state index contributed by atoms with van der Waals surface area (Å²) in [6.07, 6.45) is 10.5. The number of ether oxygens (including phenoxy) is 8. The van der Waals surface area contributed by atoms with Gasteiger partial charge in [0.15, 0.2) is 66.6 Å². The second-order valence-electron chi connectivity index (χ2n) is 33.8. The number of anilines is 5. The number of likely N-dealkylation sites (tertiary alicyclic amines) is 3. The number of benzene rings is 4. The Bertz CT molecular complexity index is 5820. The number of rotatable bonds is 39. The van der Waals surface area contributed by atoms with E-state index in [1.165, 1.54) is 104 Å². The van der Waals surface area contributed by atoms with Gasteiger partial charge in [0.25, 0.3) is 0 Å². The summed E-state index contributed by atoms with van der Waals surface area (Å²) in [4.78, 5) is 72.4. The monoisotopic (exact) mass is 2010 g/mol. The maximum atomic E-state index is 6.18. The fraction of sp³-hybridized carbons (Fsp3) is 0.475. The van der Waals surface area contributed by atoms with Crippen molar-refractivity contribution >= 4 is 121 Å².